The SMILES string of the molecule is Cc1cn([C@H]2CC[C@@H](CO[Si](C)(C)C(C)(C)C)O2)c(=O)nc1NN. The van der Waals surface area contributed by atoms with E-state index < -0.39 is 8.32 Å². The molecule has 0 bridgehead atoms. The van der Waals surface area contributed by atoms with E-state index in [9.17, 15) is 4.79 Å². The summed E-state index contributed by atoms with van der Waals surface area (Å²) in [7, 11) is -1.79. The van der Waals surface area contributed by atoms with Crippen LogP contribution in [-0.4, -0.2) is 30.6 Å². The van der Waals surface area contributed by atoms with Gasteiger partial charge in [-0.2, -0.15) is 4.98 Å². The number of rotatable bonds is 5. The molecule has 0 radical (unpaired) electrons. The Morgan fingerprint density at radius 2 is 2.12 bits per heavy atom. The van der Waals surface area contributed by atoms with Crippen molar-refractivity contribution in [3.8, 4) is 0 Å². The first kappa shape index (κ1) is 19.1. The molecule has 0 aromatic carbocycles. The van der Waals surface area contributed by atoms with Gasteiger partial charge in [0.1, 0.15) is 12.0 Å². The number of hydrazine groups is 1. The molecule has 24 heavy (non-hydrogen) atoms. The fourth-order valence-corrected chi connectivity index (χ4v) is 3.49. The molecule has 136 valence electrons. The van der Waals surface area contributed by atoms with E-state index >= 15 is 0 Å². The van der Waals surface area contributed by atoms with Gasteiger partial charge in [0, 0.05) is 11.8 Å². The quantitative estimate of drug-likeness (QED) is 0.480. The summed E-state index contributed by atoms with van der Waals surface area (Å²) in [5.74, 6) is 5.75. The van der Waals surface area contributed by atoms with E-state index in [1.807, 2.05) is 6.92 Å². The number of nitrogen functional groups attached to an aromatic ring is 1. The molecule has 8 heteroatoms. The summed E-state index contributed by atoms with van der Waals surface area (Å²) in [5.41, 5.74) is 2.88. The second-order valence-electron chi connectivity index (χ2n) is 7.97. The summed E-state index contributed by atoms with van der Waals surface area (Å²) in [6.45, 7) is 13.6. The lowest BCUT2D eigenvalue weighted by atomic mass is 10.2. The van der Waals surface area contributed by atoms with Crippen molar-refractivity contribution in [1.29, 1.82) is 0 Å². The molecule has 1 saturated heterocycles. The lowest BCUT2D eigenvalue weighted by molar-refractivity contribution is -0.0221. The van der Waals surface area contributed by atoms with Crippen LogP contribution in [0.5, 0.6) is 0 Å². The third kappa shape index (κ3) is 4.05. The van der Waals surface area contributed by atoms with Gasteiger partial charge in [-0.25, -0.2) is 10.6 Å². The van der Waals surface area contributed by atoms with E-state index in [0.717, 1.165) is 18.4 Å². The van der Waals surface area contributed by atoms with Crippen LogP contribution in [0.4, 0.5) is 5.82 Å². The molecule has 1 aliphatic heterocycles. The van der Waals surface area contributed by atoms with Crippen LogP contribution in [0.25, 0.3) is 0 Å². The van der Waals surface area contributed by atoms with Crippen molar-refractivity contribution in [3.63, 3.8) is 0 Å². The number of aryl methyl sites for hydroxylation is 1. The molecule has 2 heterocycles. The minimum atomic E-state index is -1.79. The summed E-state index contributed by atoms with van der Waals surface area (Å²) in [5, 5.41) is 0.175. The van der Waals surface area contributed by atoms with E-state index in [0.29, 0.717) is 12.4 Å². The maximum absolute atomic E-state index is 12.1. The summed E-state index contributed by atoms with van der Waals surface area (Å²) in [4.78, 5) is 16.1. The zero-order chi connectivity index (χ0) is 18.1. The number of ether oxygens (including phenoxy) is 1. The normalized spacial score (nSPS) is 22.0. The predicted octanol–water partition coefficient (Wildman–Crippen LogP) is 2.54. The second kappa shape index (κ2) is 6.95. The highest BCUT2D eigenvalue weighted by molar-refractivity contribution is 6.74. The van der Waals surface area contributed by atoms with E-state index in [1.165, 1.54) is 0 Å². The topological polar surface area (TPSA) is 91.4 Å². The van der Waals surface area contributed by atoms with Crippen LogP contribution in [0.3, 0.4) is 0 Å². The molecule has 1 fully saturated rings. The largest absolute Gasteiger partial charge is 0.414 e. The molecule has 1 aromatic rings. The molecule has 0 saturated carbocycles. The van der Waals surface area contributed by atoms with Crippen LogP contribution in [-0.2, 0) is 9.16 Å². The number of anilines is 1. The highest BCUT2D eigenvalue weighted by Gasteiger charge is 2.38. The highest BCUT2D eigenvalue weighted by Crippen LogP contribution is 2.37. The molecular weight excluding hydrogens is 324 g/mol. The van der Waals surface area contributed by atoms with E-state index in [-0.39, 0.29) is 23.1 Å². The summed E-state index contributed by atoms with van der Waals surface area (Å²) in [6, 6.07) is 0. The van der Waals surface area contributed by atoms with Crippen LogP contribution in [0, 0.1) is 6.92 Å². The van der Waals surface area contributed by atoms with Crippen molar-refractivity contribution in [1.82, 2.24) is 9.55 Å². The number of nitrogens with one attached hydrogen (secondary N) is 1. The van der Waals surface area contributed by atoms with Crippen molar-refractivity contribution in [2.24, 2.45) is 5.84 Å². The molecule has 0 aliphatic carbocycles. The first-order chi connectivity index (χ1) is 11.0. The molecule has 0 unspecified atom stereocenters. The Morgan fingerprint density at radius 3 is 2.71 bits per heavy atom. The van der Waals surface area contributed by atoms with E-state index in [1.54, 1.807) is 10.8 Å². The molecule has 7 nitrogen and oxygen atoms in total. The van der Waals surface area contributed by atoms with Gasteiger partial charge >= 0.3 is 5.69 Å². The van der Waals surface area contributed by atoms with Crippen LogP contribution in [0.2, 0.25) is 18.1 Å². The van der Waals surface area contributed by atoms with Gasteiger partial charge in [0.15, 0.2) is 8.32 Å². The van der Waals surface area contributed by atoms with Crippen molar-refractivity contribution < 1.29 is 9.16 Å². The number of aromatic nitrogens is 2. The van der Waals surface area contributed by atoms with Gasteiger partial charge in [-0.3, -0.25) is 4.57 Å². The smallest absolute Gasteiger partial charge is 0.351 e. The molecule has 0 amide bonds. The average molecular weight is 355 g/mol. The summed E-state index contributed by atoms with van der Waals surface area (Å²) in [6.07, 6.45) is 3.13. The van der Waals surface area contributed by atoms with Gasteiger partial charge in [-0.05, 0) is 37.9 Å². The summed E-state index contributed by atoms with van der Waals surface area (Å²) < 4.78 is 13.8. The zero-order valence-corrected chi connectivity index (χ0v) is 16.5. The number of hydrogen-bond donors (Lipinski definition) is 2. The Hall–Kier alpha value is -1.22. The van der Waals surface area contributed by atoms with E-state index in [2.05, 4.69) is 44.3 Å². The number of nitrogens with two attached hydrogens (primary N) is 1. The van der Waals surface area contributed by atoms with Crippen molar-refractivity contribution in [2.75, 3.05) is 12.0 Å². The van der Waals surface area contributed by atoms with Crippen molar-refractivity contribution in [2.45, 2.75) is 71.0 Å². The maximum Gasteiger partial charge on any atom is 0.351 e. The predicted molar refractivity (Wildman–Crippen MR) is 97.3 cm³/mol. The molecule has 3 N–H and O–H groups in total. The van der Waals surface area contributed by atoms with Gasteiger partial charge in [0.05, 0.1) is 12.7 Å². The molecule has 2 atom stereocenters. The van der Waals surface area contributed by atoms with Crippen LogP contribution >= 0.6 is 0 Å². The molecule has 2 rings (SSSR count). The minimum absolute atomic E-state index is 0.0173. The lowest BCUT2D eigenvalue weighted by Gasteiger charge is -2.36. The third-order valence-electron chi connectivity index (χ3n) is 5.10. The van der Waals surface area contributed by atoms with Crippen molar-refractivity contribution >= 4 is 14.1 Å². The number of hydrogen-bond acceptors (Lipinski definition) is 6. The lowest BCUT2D eigenvalue weighted by Crippen LogP contribution is -2.42. The van der Waals surface area contributed by atoms with Gasteiger partial charge in [-0.1, -0.05) is 20.8 Å². The van der Waals surface area contributed by atoms with Crippen LogP contribution in [0.1, 0.15) is 45.4 Å². The fourth-order valence-electron chi connectivity index (χ4n) is 2.45. The van der Waals surface area contributed by atoms with Gasteiger partial charge in [0.25, 0.3) is 0 Å². The summed E-state index contributed by atoms with van der Waals surface area (Å²) >= 11 is 0. The maximum atomic E-state index is 12.1. The van der Waals surface area contributed by atoms with Crippen molar-refractivity contribution in [3.05, 3.63) is 22.2 Å². The second-order valence-corrected chi connectivity index (χ2v) is 12.8. The Morgan fingerprint density at radius 1 is 1.46 bits per heavy atom. The van der Waals surface area contributed by atoms with Crippen LogP contribution in [0.15, 0.2) is 11.0 Å². The standard InChI is InChI=1S/C16H30N4O3Si/c1-11-9-20(15(21)18-14(11)19-17)13-8-7-12(23-13)10-22-24(5,6)16(2,3)4/h9,12-13H,7-8,10,17H2,1-6H3,(H,18,19,21)/t12-,13+/m0/s1. The molecule has 1 aromatic heterocycles. The molecular formula is C16H30N4O3Si. The van der Waals surface area contributed by atoms with Gasteiger partial charge in [0.2, 0.25) is 0 Å². The monoisotopic (exact) mass is 354 g/mol. The Kier molecular flexibility index (Phi) is 5.53. The van der Waals surface area contributed by atoms with Gasteiger partial charge < -0.3 is 14.6 Å². The first-order valence-corrected chi connectivity index (χ1v) is 11.3. The Bertz CT molecular complexity index is 639. The minimum Gasteiger partial charge on any atom is -0.414 e. The third-order valence-corrected chi connectivity index (χ3v) is 9.60. The van der Waals surface area contributed by atoms with Gasteiger partial charge in [-0.15, -0.1) is 0 Å². The van der Waals surface area contributed by atoms with Crippen LogP contribution < -0.4 is 17.0 Å². The Labute approximate surface area is 144 Å². The zero-order valence-electron chi connectivity index (χ0n) is 15.5. The first-order valence-electron chi connectivity index (χ1n) is 8.41. The van der Waals surface area contributed by atoms with E-state index in [4.69, 9.17) is 15.0 Å². The Balaban J connectivity index is 2.01. The number of nitrogens with zero attached hydrogens (tertiary/aromatic N) is 2. The average Bonchev–Trinajstić information content (AvgIpc) is 2.94. The molecule has 0 spiro atoms. The highest BCUT2D eigenvalue weighted by atomic mass is 28.4. The fraction of sp³-hybridized carbons (Fsp3) is 0.750. The molecule has 1 aliphatic rings.